The number of amides is 3. The van der Waals surface area contributed by atoms with Crippen LogP contribution in [-0.2, 0) is 40.6 Å². The number of anilines is 1. The van der Waals surface area contributed by atoms with Gasteiger partial charge >= 0.3 is 12.1 Å². The van der Waals surface area contributed by atoms with Crippen molar-refractivity contribution in [2.45, 2.75) is 80.3 Å². The van der Waals surface area contributed by atoms with Gasteiger partial charge in [0.25, 0.3) is 0 Å². The van der Waals surface area contributed by atoms with Gasteiger partial charge in [-0.3, -0.25) is 19.3 Å². The number of rotatable bonds is 12. The minimum absolute atomic E-state index is 0.0370. The number of aliphatic hydroxyl groups is 2. The SMILES string of the molecule is COCCOC(=O)N1C(=O)[C@@]2(c3cc(C#CC4(O)CCCCCC4)ccc31)[C@H](C(=O)NCc1nc3ccccc3[nH]1)[C@H]1C(=O)O[C@H](c3ccccc3)[C@H](c3ccccc3)N1[C@@H]2c1cccc(OCCO)c1. The fourth-order valence-electron chi connectivity index (χ4n) is 11.2. The maximum absolute atomic E-state index is 16.5. The molecule has 5 aromatic carbocycles. The van der Waals surface area contributed by atoms with Gasteiger partial charge in [-0.25, -0.2) is 14.7 Å². The number of hydrogen-bond acceptors (Lipinski definition) is 12. The highest BCUT2D eigenvalue weighted by molar-refractivity contribution is 6.23. The fraction of sp³-hybridized carbons (Fsp3) is 0.339. The van der Waals surface area contributed by atoms with E-state index in [9.17, 15) is 15.0 Å². The Hall–Kier alpha value is -7.35. The summed E-state index contributed by atoms with van der Waals surface area (Å²) in [5.74, 6) is 3.32. The second-order valence-electron chi connectivity index (χ2n) is 18.5. The Morgan fingerprint density at radius 3 is 2.28 bits per heavy atom. The number of hydrogen-bond donors (Lipinski definition) is 4. The molecule has 3 amide bonds. The highest BCUT2D eigenvalue weighted by Crippen LogP contribution is 2.66. The van der Waals surface area contributed by atoms with E-state index in [0.29, 0.717) is 46.6 Å². The second-order valence-corrected chi connectivity index (χ2v) is 18.5. The average molecular weight is 958 g/mol. The molecule has 15 nitrogen and oxygen atoms in total. The lowest BCUT2D eigenvalue weighted by Gasteiger charge is -2.46. The molecule has 1 aromatic heterocycles. The van der Waals surface area contributed by atoms with Crippen LogP contribution in [0, 0.1) is 17.8 Å². The Labute approximate surface area is 411 Å². The number of morpholine rings is 1. The number of imide groups is 1. The van der Waals surface area contributed by atoms with Gasteiger partial charge < -0.3 is 39.5 Å². The zero-order chi connectivity index (χ0) is 49.1. The number of imidazole rings is 1. The third-order valence-corrected chi connectivity index (χ3v) is 14.2. The summed E-state index contributed by atoms with van der Waals surface area (Å²) in [6.07, 6.45) is 2.67. The summed E-state index contributed by atoms with van der Waals surface area (Å²) in [6.45, 7) is -0.565. The molecule has 6 aromatic rings. The third kappa shape index (κ3) is 8.82. The van der Waals surface area contributed by atoms with E-state index in [0.717, 1.165) is 41.7 Å². The predicted octanol–water partition coefficient (Wildman–Crippen LogP) is 7.14. The van der Waals surface area contributed by atoms with Crippen LogP contribution >= 0.6 is 0 Å². The first kappa shape index (κ1) is 47.3. The molecule has 15 heteroatoms. The van der Waals surface area contributed by atoms with Crippen molar-refractivity contribution < 1.29 is 48.3 Å². The number of ether oxygens (including phenoxy) is 4. The van der Waals surface area contributed by atoms with Crippen LogP contribution < -0.4 is 15.0 Å². The van der Waals surface area contributed by atoms with Crippen molar-refractivity contribution >= 4 is 40.6 Å². The van der Waals surface area contributed by atoms with Gasteiger partial charge in [-0.15, -0.1) is 0 Å². The van der Waals surface area contributed by atoms with Gasteiger partial charge in [0.1, 0.15) is 47.9 Å². The summed E-state index contributed by atoms with van der Waals surface area (Å²) < 4.78 is 23.6. The monoisotopic (exact) mass is 957 g/mol. The van der Waals surface area contributed by atoms with Crippen LogP contribution in [0.1, 0.15) is 90.4 Å². The Bertz CT molecular complexity index is 2970. The summed E-state index contributed by atoms with van der Waals surface area (Å²) in [4.78, 5) is 73.4. The summed E-state index contributed by atoms with van der Waals surface area (Å²) in [7, 11) is 1.46. The highest BCUT2D eigenvalue weighted by Gasteiger charge is 2.76. The lowest BCUT2D eigenvalue weighted by Crippen LogP contribution is -2.55. The largest absolute Gasteiger partial charge is 0.491 e. The van der Waals surface area contributed by atoms with Gasteiger partial charge in [-0.1, -0.05) is 110 Å². The highest BCUT2D eigenvalue weighted by atomic mass is 16.6. The van der Waals surface area contributed by atoms with Gasteiger partial charge in [0.2, 0.25) is 11.8 Å². The molecule has 4 aliphatic rings. The van der Waals surface area contributed by atoms with Crippen molar-refractivity contribution in [1.29, 1.82) is 0 Å². The van der Waals surface area contributed by atoms with Gasteiger partial charge in [-0.2, -0.15) is 0 Å². The Kier molecular flexibility index (Phi) is 13.4. The molecule has 0 unspecified atom stereocenters. The molecule has 2 saturated heterocycles. The van der Waals surface area contributed by atoms with Crippen LogP contribution in [0.3, 0.4) is 0 Å². The zero-order valence-electron chi connectivity index (χ0n) is 39.3. The topological polar surface area (TPSA) is 193 Å². The lowest BCUT2D eigenvalue weighted by molar-refractivity contribution is -0.178. The van der Waals surface area contributed by atoms with E-state index in [-0.39, 0.29) is 44.2 Å². The minimum atomic E-state index is -2.11. The van der Waals surface area contributed by atoms with Crippen LogP contribution in [0.2, 0.25) is 0 Å². The second kappa shape index (κ2) is 20.2. The van der Waals surface area contributed by atoms with E-state index in [2.05, 4.69) is 22.1 Å². The smallest absolute Gasteiger partial charge is 0.421 e. The molecule has 0 radical (unpaired) electrons. The van der Waals surface area contributed by atoms with Crippen molar-refractivity contribution in [1.82, 2.24) is 20.2 Å². The molecule has 4 N–H and O–H groups in total. The number of fused-ring (bicyclic) bond motifs is 4. The van der Waals surface area contributed by atoms with Gasteiger partial charge in [-0.05, 0) is 90.4 Å². The standard InChI is InChI=1S/C56H55N5O10/c1-68-31-32-70-54(66)60-44-24-23-36(25-28-55(67)26-12-2-3-13-27-55)33-41(44)56(53(60)65)46(51(63)57-35-45-58-42-21-10-11-22-43(42)59-45)48-52(64)71-49(38-17-8-5-9-18-38)47(37-15-6-4-7-16-37)61(48)50(56)39-19-14-20-40(34-39)69-30-29-62/h4-11,14-24,33-34,46-50,62,67H,2-3,12-13,26-27,29-32,35H2,1H3,(H,57,63)(H,58,59)/t46-,47-,48-,49+,50+,56-/m0/s1. The summed E-state index contributed by atoms with van der Waals surface area (Å²) >= 11 is 0. The summed E-state index contributed by atoms with van der Waals surface area (Å²) in [6, 6.07) is 34.8. The zero-order valence-corrected chi connectivity index (χ0v) is 39.3. The first-order chi connectivity index (χ1) is 34.6. The van der Waals surface area contributed by atoms with Crippen LogP contribution in [0.5, 0.6) is 5.75 Å². The molecule has 10 rings (SSSR count). The number of nitrogens with one attached hydrogen (secondary N) is 2. The van der Waals surface area contributed by atoms with Crippen molar-refractivity contribution in [2.75, 3.05) is 38.4 Å². The maximum atomic E-state index is 16.5. The van der Waals surface area contributed by atoms with Gasteiger partial charge in [0, 0.05) is 12.7 Å². The number of H-pyrrole nitrogens is 1. The van der Waals surface area contributed by atoms with Crippen LogP contribution in [0.4, 0.5) is 10.5 Å². The number of aliphatic hydroxyl groups excluding tert-OH is 1. The molecule has 71 heavy (non-hydrogen) atoms. The predicted molar refractivity (Wildman–Crippen MR) is 262 cm³/mol. The number of nitrogens with zero attached hydrogens (tertiary/aromatic N) is 3. The molecule has 3 aliphatic heterocycles. The van der Waals surface area contributed by atoms with E-state index in [1.165, 1.54) is 7.11 Å². The first-order valence-corrected chi connectivity index (χ1v) is 24.2. The van der Waals surface area contributed by atoms with Crippen molar-refractivity contribution in [3.05, 3.63) is 161 Å². The Morgan fingerprint density at radius 2 is 1.55 bits per heavy atom. The summed E-state index contributed by atoms with van der Waals surface area (Å²) in [5, 5.41) is 24.6. The third-order valence-electron chi connectivity index (χ3n) is 14.2. The molecule has 364 valence electrons. The fourth-order valence-corrected chi connectivity index (χ4v) is 11.2. The molecule has 1 saturated carbocycles. The molecular formula is C56H55N5O10. The molecule has 6 atom stereocenters. The van der Waals surface area contributed by atoms with Crippen LogP contribution in [0.15, 0.2) is 127 Å². The normalized spacial score (nSPS) is 23.5. The molecule has 3 fully saturated rings. The number of esters is 1. The maximum Gasteiger partial charge on any atom is 0.421 e. The van der Waals surface area contributed by atoms with Gasteiger partial charge in [0.15, 0.2) is 0 Å². The lowest BCUT2D eigenvalue weighted by atomic mass is 9.65. The Morgan fingerprint density at radius 1 is 0.831 bits per heavy atom. The van der Waals surface area contributed by atoms with Crippen molar-refractivity contribution in [3.8, 4) is 17.6 Å². The molecule has 1 aliphatic carbocycles. The first-order valence-electron chi connectivity index (χ1n) is 24.2. The van der Waals surface area contributed by atoms with Crippen LogP contribution in [0.25, 0.3) is 11.0 Å². The van der Waals surface area contributed by atoms with E-state index >= 15 is 14.4 Å². The number of carbonyl (C=O) groups is 4. The number of methoxy groups -OCH3 is 1. The minimum Gasteiger partial charge on any atom is -0.491 e. The van der Waals surface area contributed by atoms with Crippen molar-refractivity contribution in [3.63, 3.8) is 0 Å². The average Bonchev–Trinajstić information content (AvgIpc) is 3.97. The Balaban J connectivity index is 1.25. The number of aromatic nitrogens is 2. The molecule has 1 spiro atoms. The number of benzene rings is 5. The van der Waals surface area contributed by atoms with E-state index in [1.807, 2.05) is 89.8 Å². The van der Waals surface area contributed by atoms with Crippen molar-refractivity contribution in [2.24, 2.45) is 5.92 Å². The molecule has 4 heterocycles. The number of cyclic esters (lactones) is 1. The summed E-state index contributed by atoms with van der Waals surface area (Å²) in [5.41, 5.74) is 0.744. The number of carbonyl (C=O) groups excluding carboxylic acids is 4. The van der Waals surface area contributed by atoms with E-state index < -0.39 is 65.0 Å². The number of aromatic amines is 1. The van der Waals surface area contributed by atoms with E-state index in [1.54, 1.807) is 42.5 Å². The quantitative estimate of drug-likeness (QED) is 0.0420. The van der Waals surface area contributed by atoms with Gasteiger partial charge in [0.05, 0.1) is 54.5 Å². The van der Waals surface area contributed by atoms with Crippen LogP contribution in [-0.4, -0.2) is 94.1 Å². The molecular weight excluding hydrogens is 903 g/mol. The number of para-hydroxylation sites is 2. The van der Waals surface area contributed by atoms with E-state index in [4.69, 9.17) is 23.9 Å². The molecule has 0 bridgehead atoms.